The van der Waals surface area contributed by atoms with Gasteiger partial charge in [-0.25, -0.2) is 0 Å². The maximum Gasteiger partial charge on any atom is 0.119 e. The fourth-order valence-corrected chi connectivity index (χ4v) is 1.14. The van der Waals surface area contributed by atoms with E-state index in [1.165, 1.54) is 0 Å². The van der Waals surface area contributed by atoms with Crippen LogP contribution in [0.2, 0.25) is 0 Å². The lowest BCUT2D eigenvalue weighted by Crippen LogP contribution is -2.09. The van der Waals surface area contributed by atoms with Gasteiger partial charge in [0.1, 0.15) is 5.75 Å². The van der Waals surface area contributed by atoms with Crippen LogP contribution in [-0.2, 0) is 0 Å². The lowest BCUT2D eigenvalue weighted by atomic mass is 10.2. The molecule has 0 fully saturated rings. The Kier molecular flexibility index (Phi) is 4.20. The molecule has 0 spiro atoms. The van der Waals surface area contributed by atoms with E-state index in [9.17, 15) is 0 Å². The van der Waals surface area contributed by atoms with E-state index in [1.54, 1.807) is 0 Å². The molecule has 0 radical (unpaired) electrons. The Morgan fingerprint density at radius 3 is 2.93 bits per heavy atom. The summed E-state index contributed by atoms with van der Waals surface area (Å²) >= 11 is 0. The van der Waals surface area contributed by atoms with Gasteiger partial charge in [0.05, 0.1) is 6.61 Å². The molecular formula is C12H17NO. The fourth-order valence-electron chi connectivity index (χ4n) is 1.14. The maximum atomic E-state index is 5.62. The van der Waals surface area contributed by atoms with E-state index in [0.29, 0.717) is 6.61 Å². The summed E-state index contributed by atoms with van der Waals surface area (Å²) in [5.41, 5.74) is 6.74. The summed E-state index contributed by atoms with van der Waals surface area (Å²) in [5, 5.41) is 0. The van der Waals surface area contributed by atoms with E-state index in [0.717, 1.165) is 11.3 Å². The zero-order valence-corrected chi connectivity index (χ0v) is 8.73. The molecule has 1 aromatic rings. The quantitative estimate of drug-likeness (QED) is 0.793. The molecule has 0 saturated carbocycles. The maximum absolute atomic E-state index is 5.62. The number of benzene rings is 1. The van der Waals surface area contributed by atoms with E-state index < -0.39 is 0 Å². The van der Waals surface area contributed by atoms with Crippen molar-refractivity contribution in [3.63, 3.8) is 0 Å². The Balaban J connectivity index is 2.73. The molecule has 0 aliphatic rings. The summed E-state index contributed by atoms with van der Waals surface area (Å²) < 4.78 is 5.39. The minimum absolute atomic E-state index is 0.0887. The third-order valence-corrected chi connectivity index (χ3v) is 1.76. The second-order valence-electron chi connectivity index (χ2n) is 3.22. The molecule has 0 heterocycles. The van der Waals surface area contributed by atoms with Crippen molar-refractivity contribution in [3.05, 3.63) is 35.9 Å². The highest BCUT2D eigenvalue weighted by Crippen LogP contribution is 2.14. The molecule has 0 bridgehead atoms. The molecule has 1 rings (SSSR count). The molecule has 1 unspecified atom stereocenters. The first-order chi connectivity index (χ1) is 6.72. The first kappa shape index (κ1) is 10.8. The Bertz CT molecular complexity index is 305. The van der Waals surface area contributed by atoms with Gasteiger partial charge in [-0.05, 0) is 31.5 Å². The number of hydrogen-bond acceptors (Lipinski definition) is 2. The van der Waals surface area contributed by atoms with Crippen LogP contribution in [0.15, 0.2) is 30.3 Å². The topological polar surface area (TPSA) is 35.2 Å². The lowest BCUT2D eigenvalue weighted by molar-refractivity contribution is 0.340. The number of nitrogens with two attached hydrogens (primary N) is 1. The Hall–Kier alpha value is -1.28. The van der Waals surface area contributed by atoms with Gasteiger partial charge in [-0.15, -0.1) is 0 Å². The van der Waals surface area contributed by atoms with Gasteiger partial charge in [-0.1, -0.05) is 24.3 Å². The largest absolute Gasteiger partial charge is 0.494 e. The van der Waals surface area contributed by atoms with E-state index in [-0.39, 0.29) is 6.04 Å². The third kappa shape index (κ3) is 3.62. The molecule has 2 nitrogen and oxygen atoms in total. The van der Waals surface area contributed by atoms with Crippen LogP contribution in [0.5, 0.6) is 5.75 Å². The molecule has 0 aromatic heterocycles. The van der Waals surface area contributed by atoms with Crippen LogP contribution in [0.4, 0.5) is 0 Å². The van der Waals surface area contributed by atoms with Crippen LogP contribution in [0.1, 0.15) is 19.4 Å². The SMILES string of the molecule is CCOc1cccc(/C=C/C(C)N)c1. The molecular weight excluding hydrogens is 174 g/mol. The van der Waals surface area contributed by atoms with Crippen LogP contribution in [0, 0.1) is 0 Å². The molecule has 1 atom stereocenters. The Morgan fingerprint density at radius 1 is 1.50 bits per heavy atom. The molecule has 0 aliphatic carbocycles. The highest BCUT2D eigenvalue weighted by molar-refractivity contribution is 5.52. The van der Waals surface area contributed by atoms with Gasteiger partial charge in [-0.2, -0.15) is 0 Å². The van der Waals surface area contributed by atoms with Crippen molar-refractivity contribution >= 4 is 6.08 Å². The first-order valence-corrected chi connectivity index (χ1v) is 4.89. The smallest absolute Gasteiger partial charge is 0.119 e. The monoisotopic (exact) mass is 191 g/mol. The summed E-state index contributed by atoms with van der Waals surface area (Å²) in [5.74, 6) is 0.902. The van der Waals surface area contributed by atoms with Crippen molar-refractivity contribution in [3.8, 4) is 5.75 Å². The minimum Gasteiger partial charge on any atom is -0.494 e. The van der Waals surface area contributed by atoms with Gasteiger partial charge in [-0.3, -0.25) is 0 Å². The van der Waals surface area contributed by atoms with E-state index in [1.807, 2.05) is 50.3 Å². The zero-order valence-electron chi connectivity index (χ0n) is 8.73. The van der Waals surface area contributed by atoms with Crippen LogP contribution in [-0.4, -0.2) is 12.6 Å². The molecule has 1 aromatic carbocycles. The van der Waals surface area contributed by atoms with E-state index in [2.05, 4.69) is 0 Å². The molecule has 76 valence electrons. The normalized spacial score (nSPS) is 13.1. The molecule has 2 N–H and O–H groups in total. The summed E-state index contributed by atoms with van der Waals surface area (Å²) in [4.78, 5) is 0. The standard InChI is InChI=1S/C12H17NO/c1-3-14-12-6-4-5-11(9-12)8-7-10(2)13/h4-10H,3,13H2,1-2H3/b8-7+. The second kappa shape index (κ2) is 5.45. The number of rotatable bonds is 4. The molecule has 0 amide bonds. The fraction of sp³-hybridized carbons (Fsp3) is 0.333. The summed E-state index contributed by atoms with van der Waals surface area (Å²) in [7, 11) is 0. The Morgan fingerprint density at radius 2 is 2.29 bits per heavy atom. The van der Waals surface area contributed by atoms with Gasteiger partial charge in [0.2, 0.25) is 0 Å². The van der Waals surface area contributed by atoms with E-state index in [4.69, 9.17) is 10.5 Å². The summed E-state index contributed by atoms with van der Waals surface area (Å²) in [6, 6.07) is 8.05. The lowest BCUT2D eigenvalue weighted by Gasteiger charge is -2.03. The average Bonchev–Trinajstić information content (AvgIpc) is 2.16. The summed E-state index contributed by atoms with van der Waals surface area (Å²) in [6.07, 6.45) is 3.97. The van der Waals surface area contributed by atoms with Crippen LogP contribution >= 0.6 is 0 Å². The molecule has 0 saturated heterocycles. The van der Waals surface area contributed by atoms with Crippen molar-refractivity contribution in [1.29, 1.82) is 0 Å². The summed E-state index contributed by atoms with van der Waals surface area (Å²) in [6.45, 7) is 4.62. The van der Waals surface area contributed by atoms with Crippen molar-refractivity contribution in [2.75, 3.05) is 6.61 Å². The second-order valence-corrected chi connectivity index (χ2v) is 3.22. The van der Waals surface area contributed by atoms with Crippen LogP contribution < -0.4 is 10.5 Å². The highest BCUT2D eigenvalue weighted by Gasteiger charge is 1.92. The van der Waals surface area contributed by atoms with Gasteiger partial charge >= 0.3 is 0 Å². The van der Waals surface area contributed by atoms with Crippen molar-refractivity contribution in [1.82, 2.24) is 0 Å². The predicted octanol–water partition coefficient (Wildman–Crippen LogP) is 2.45. The van der Waals surface area contributed by atoms with E-state index >= 15 is 0 Å². The number of ether oxygens (including phenoxy) is 1. The van der Waals surface area contributed by atoms with Crippen molar-refractivity contribution in [2.24, 2.45) is 5.73 Å². The highest BCUT2D eigenvalue weighted by atomic mass is 16.5. The average molecular weight is 191 g/mol. The number of hydrogen-bond donors (Lipinski definition) is 1. The third-order valence-electron chi connectivity index (χ3n) is 1.76. The van der Waals surface area contributed by atoms with Gasteiger partial charge in [0.25, 0.3) is 0 Å². The van der Waals surface area contributed by atoms with Gasteiger partial charge in [0.15, 0.2) is 0 Å². The first-order valence-electron chi connectivity index (χ1n) is 4.89. The van der Waals surface area contributed by atoms with Crippen molar-refractivity contribution < 1.29 is 4.74 Å². The van der Waals surface area contributed by atoms with Crippen LogP contribution in [0.25, 0.3) is 6.08 Å². The minimum atomic E-state index is 0.0887. The zero-order chi connectivity index (χ0) is 10.4. The molecule has 14 heavy (non-hydrogen) atoms. The van der Waals surface area contributed by atoms with Crippen LogP contribution in [0.3, 0.4) is 0 Å². The molecule has 2 heteroatoms. The predicted molar refractivity (Wildman–Crippen MR) is 60.3 cm³/mol. The van der Waals surface area contributed by atoms with Crippen molar-refractivity contribution in [2.45, 2.75) is 19.9 Å². The molecule has 0 aliphatic heterocycles. The Labute approximate surface area is 85.4 Å². The van der Waals surface area contributed by atoms with Gasteiger partial charge < -0.3 is 10.5 Å². The van der Waals surface area contributed by atoms with Gasteiger partial charge in [0, 0.05) is 6.04 Å².